The quantitative estimate of drug-likeness (QED) is 0.824. The molecule has 0 saturated carbocycles. The van der Waals surface area contributed by atoms with E-state index >= 15 is 0 Å². The van der Waals surface area contributed by atoms with Gasteiger partial charge in [0.15, 0.2) is 5.76 Å². The van der Waals surface area contributed by atoms with Crippen LogP contribution in [0.3, 0.4) is 0 Å². The Hall–Kier alpha value is -2.56. The van der Waals surface area contributed by atoms with Crippen molar-refractivity contribution in [3.63, 3.8) is 0 Å². The summed E-state index contributed by atoms with van der Waals surface area (Å²) in [6, 6.07) is 13.2. The van der Waals surface area contributed by atoms with Gasteiger partial charge >= 0.3 is 0 Å². The summed E-state index contributed by atoms with van der Waals surface area (Å²) in [4.78, 5) is 23.4. The molecule has 1 aromatic heterocycles. The Morgan fingerprint density at radius 1 is 1.09 bits per heavy atom. The summed E-state index contributed by atoms with van der Waals surface area (Å²) in [7, 11) is 0. The second kappa shape index (κ2) is 8.02. The summed E-state index contributed by atoms with van der Waals surface area (Å²) >= 11 is 0. The summed E-state index contributed by atoms with van der Waals surface area (Å²) in [5.41, 5.74) is 1.19. The lowest BCUT2D eigenvalue weighted by atomic mass is 10.0. The molecule has 0 radical (unpaired) electrons. The predicted octanol–water partition coefficient (Wildman–Crippen LogP) is 2.32. The van der Waals surface area contributed by atoms with Crippen LogP contribution < -0.4 is 10.6 Å². The van der Waals surface area contributed by atoms with E-state index in [4.69, 9.17) is 4.42 Å². The van der Waals surface area contributed by atoms with Crippen molar-refractivity contribution in [2.24, 2.45) is 0 Å². The molecule has 2 N–H and O–H groups in total. The van der Waals surface area contributed by atoms with E-state index in [1.54, 1.807) is 12.1 Å². The van der Waals surface area contributed by atoms with Crippen LogP contribution in [0.25, 0.3) is 0 Å². The minimum Gasteiger partial charge on any atom is -0.459 e. The van der Waals surface area contributed by atoms with Gasteiger partial charge in [-0.25, -0.2) is 0 Å². The number of amides is 2. The van der Waals surface area contributed by atoms with Gasteiger partial charge in [-0.3, -0.25) is 9.59 Å². The summed E-state index contributed by atoms with van der Waals surface area (Å²) in [5, 5.41) is 5.52. The lowest BCUT2D eigenvalue weighted by molar-refractivity contribution is -0.121. The molecule has 0 bridgehead atoms. The molecule has 5 heteroatoms. The molecule has 2 amide bonds. The van der Waals surface area contributed by atoms with E-state index in [1.807, 2.05) is 30.3 Å². The van der Waals surface area contributed by atoms with E-state index in [9.17, 15) is 9.59 Å². The minimum absolute atomic E-state index is 0.0810. The van der Waals surface area contributed by atoms with Crippen LogP contribution in [-0.4, -0.2) is 24.9 Å². The number of rotatable bonds is 7. The average molecular weight is 300 g/mol. The molecule has 0 saturated heterocycles. The second-order valence-corrected chi connectivity index (χ2v) is 5.10. The topological polar surface area (TPSA) is 71.3 Å². The summed E-state index contributed by atoms with van der Waals surface area (Å²) in [6.07, 6.45) is 1.68. The lowest BCUT2D eigenvalue weighted by Gasteiger charge is -2.13. The number of benzene rings is 1. The number of hydrogen-bond acceptors (Lipinski definition) is 3. The molecular formula is C17H20N2O3. The van der Waals surface area contributed by atoms with Gasteiger partial charge in [0.1, 0.15) is 0 Å². The zero-order chi connectivity index (χ0) is 15.8. The van der Waals surface area contributed by atoms with E-state index in [0.717, 1.165) is 0 Å². The standard InChI is InChI=1S/C17H20N2O3/c1-13(14-6-3-2-4-7-14)12-19-16(20)9-10-18-17(21)15-8-5-11-22-15/h2-8,11,13H,9-10,12H2,1H3,(H,18,21)(H,19,20). The highest BCUT2D eigenvalue weighted by Gasteiger charge is 2.10. The van der Waals surface area contributed by atoms with Crippen molar-refractivity contribution >= 4 is 11.8 Å². The Balaban J connectivity index is 1.65. The fraction of sp³-hybridized carbons (Fsp3) is 0.294. The number of hydrogen-bond donors (Lipinski definition) is 2. The van der Waals surface area contributed by atoms with E-state index in [0.29, 0.717) is 6.54 Å². The first kappa shape index (κ1) is 15.8. The van der Waals surface area contributed by atoms with Crippen molar-refractivity contribution in [1.82, 2.24) is 10.6 Å². The lowest BCUT2D eigenvalue weighted by Crippen LogP contribution is -2.32. The third-order valence-electron chi connectivity index (χ3n) is 3.36. The van der Waals surface area contributed by atoms with Gasteiger partial charge in [-0.15, -0.1) is 0 Å². The Morgan fingerprint density at radius 2 is 1.86 bits per heavy atom. The maximum absolute atomic E-state index is 11.8. The Bertz CT molecular complexity index is 594. The first-order valence-corrected chi connectivity index (χ1v) is 7.30. The molecule has 1 aromatic carbocycles. The molecule has 0 spiro atoms. The molecular weight excluding hydrogens is 280 g/mol. The van der Waals surface area contributed by atoms with Crippen LogP contribution in [0.1, 0.15) is 35.4 Å². The maximum Gasteiger partial charge on any atom is 0.286 e. The molecule has 5 nitrogen and oxygen atoms in total. The Morgan fingerprint density at radius 3 is 2.55 bits per heavy atom. The minimum atomic E-state index is -0.310. The van der Waals surface area contributed by atoms with Gasteiger partial charge in [0.25, 0.3) is 5.91 Å². The van der Waals surface area contributed by atoms with Gasteiger partial charge in [0, 0.05) is 19.5 Å². The first-order valence-electron chi connectivity index (χ1n) is 7.30. The molecule has 0 aliphatic rings. The monoisotopic (exact) mass is 300 g/mol. The summed E-state index contributed by atoms with van der Waals surface area (Å²) < 4.78 is 4.97. The van der Waals surface area contributed by atoms with E-state index < -0.39 is 0 Å². The van der Waals surface area contributed by atoms with Gasteiger partial charge in [-0.1, -0.05) is 37.3 Å². The van der Waals surface area contributed by atoms with E-state index in [1.165, 1.54) is 11.8 Å². The second-order valence-electron chi connectivity index (χ2n) is 5.10. The van der Waals surface area contributed by atoms with Crippen molar-refractivity contribution in [2.45, 2.75) is 19.3 Å². The van der Waals surface area contributed by atoms with Gasteiger partial charge in [0.2, 0.25) is 5.91 Å². The predicted molar refractivity (Wildman–Crippen MR) is 83.5 cm³/mol. The van der Waals surface area contributed by atoms with E-state index in [-0.39, 0.29) is 36.5 Å². The van der Waals surface area contributed by atoms with Crippen LogP contribution in [0.2, 0.25) is 0 Å². The van der Waals surface area contributed by atoms with Crippen LogP contribution in [0.5, 0.6) is 0 Å². The van der Waals surface area contributed by atoms with Crippen molar-refractivity contribution in [3.05, 3.63) is 60.1 Å². The molecule has 0 aliphatic carbocycles. The van der Waals surface area contributed by atoms with Crippen molar-refractivity contribution < 1.29 is 14.0 Å². The average Bonchev–Trinajstić information content (AvgIpc) is 3.08. The molecule has 116 valence electrons. The number of carbonyl (C=O) groups excluding carboxylic acids is 2. The fourth-order valence-electron chi connectivity index (χ4n) is 2.04. The largest absolute Gasteiger partial charge is 0.459 e. The molecule has 1 unspecified atom stereocenters. The van der Waals surface area contributed by atoms with Crippen molar-refractivity contribution in [1.29, 1.82) is 0 Å². The summed E-state index contributed by atoms with van der Waals surface area (Å²) in [5.74, 6) is 0.110. The highest BCUT2D eigenvalue weighted by Crippen LogP contribution is 2.12. The van der Waals surface area contributed by atoms with Gasteiger partial charge in [-0.2, -0.15) is 0 Å². The molecule has 2 rings (SSSR count). The van der Waals surface area contributed by atoms with Crippen molar-refractivity contribution in [2.75, 3.05) is 13.1 Å². The number of nitrogens with one attached hydrogen (secondary N) is 2. The van der Waals surface area contributed by atoms with Gasteiger partial charge in [-0.05, 0) is 23.6 Å². The SMILES string of the molecule is CC(CNC(=O)CCNC(=O)c1ccco1)c1ccccc1. The highest BCUT2D eigenvalue weighted by atomic mass is 16.3. The fourth-order valence-corrected chi connectivity index (χ4v) is 2.04. The smallest absolute Gasteiger partial charge is 0.286 e. The van der Waals surface area contributed by atoms with Crippen molar-refractivity contribution in [3.8, 4) is 0 Å². The number of carbonyl (C=O) groups is 2. The highest BCUT2D eigenvalue weighted by molar-refractivity contribution is 5.91. The van der Waals surface area contributed by atoms with Crippen LogP contribution in [0.4, 0.5) is 0 Å². The van der Waals surface area contributed by atoms with Crippen LogP contribution in [-0.2, 0) is 4.79 Å². The summed E-state index contributed by atoms with van der Waals surface area (Å²) in [6.45, 7) is 2.92. The van der Waals surface area contributed by atoms with Crippen LogP contribution in [0.15, 0.2) is 53.1 Å². The molecule has 0 fully saturated rings. The molecule has 1 atom stereocenters. The normalized spacial score (nSPS) is 11.7. The molecule has 0 aliphatic heterocycles. The Labute approximate surface area is 129 Å². The molecule has 2 aromatic rings. The number of furan rings is 1. The van der Waals surface area contributed by atoms with E-state index in [2.05, 4.69) is 17.6 Å². The Kier molecular flexibility index (Phi) is 5.77. The third-order valence-corrected chi connectivity index (χ3v) is 3.36. The zero-order valence-electron chi connectivity index (χ0n) is 12.5. The zero-order valence-corrected chi connectivity index (χ0v) is 12.5. The molecule has 22 heavy (non-hydrogen) atoms. The maximum atomic E-state index is 11.8. The third kappa shape index (κ3) is 4.77. The first-order chi connectivity index (χ1) is 10.7. The molecule has 1 heterocycles. The van der Waals surface area contributed by atoms with Gasteiger partial charge in [0.05, 0.1) is 6.26 Å². The van der Waals surface area contributed by atoms with Crippen LogP contribution in [0, 0.1) is 0 Å². The van der Waals surface area contributed by atoms with Gasteiger partial charge < -0.3 is 15.1 Å². The van der Waals surface area contributed by atoms with Crippen LogP contribution >= 0.6 is 0 Å².